The second-order valence-electron chi connectivity index (χ2n) is 25.5. The molecule has 470 valence electrons. The zero-order chi connectivity index (χ0) is 107. The van der Waals surface area contributed by atoms with E-state index in [4.69, 9.17) is 18.4 Å². The SMILES string of the molecule is [2H]c1c([2H])c([2H])c(-c2cc3c4c(c2)N(c2c(-c5c([2H])c([2H])c([2H])c([2H])c5[2H])c([2H])c(C(C)(C)C)c5c2oc2c([2H])c([2H])c([2H])c([2H])c25)c2c([2H])c(-n5c6c([2H])c([2H])c([2H])c([2H])c6c6c([2H])c([2H])c([2H])c([2H])c65)c([2H])c([2H])c2B4c2c([2H])c([2H])c(-n4c5c([2H])c([2H])c([2H])c([2H])c5c5c([2H])c([2H])c([2H])c([2H])c54)c([2H])c2N3c2c(-c3c([2H])c([2H])c([2H])c([2H])c3[2H])c([2H])c(C(C)(C)C)c3c2oc2c([2H])c([2H])c([2H])c([2H])c23)c([2H])c1[2H]. The monoisotopic (exact) mass is 1320 g/mol. The van der Waals surface area contributed by atoms with Gasteiger partial charge in [0.2, 0.25) is 0 Å². The summed E-state index contributed by atoms with van der Waals surface area (Å²) in [4.78, 5) is 1.57. The van der Waals surface area contributed by atoms with Crippen LogP contribution in [0, 0.1) is 0 Å². The quantitative estimate of drug-likeness (QED) is 0.149. The van der Waals surface area contributed by atoms with Gasteiger partial charge in [-0.25, -0.2) is 0 Å². The molecule has 2 aliphatic rings. The smallest absolute Gasteiger partial charge is 0.252 e. The number of fused-ring (bicyclic) bond motifs is 16. The summed E-state index contributed by atoms with van der Waals surface area (Å²) in [6, 6.07) is -50.4. The van der Waals surface area contributed by atoms with E-state index in [2.05, 4.69) is 0 Å². The second-order valence-corrected chi connectivity index (χ2v) is 25.5. The lowest BCUT2D eigenvalue weighted by Crippen LogP contribution is -2.61. The molecule has 0 atom stereocenters. The Morgan fingerprint density at radius 1 is 0.323 bits per heavy atom. The molecule has 4 aromatic heterocycles. The fourth-order valence-corrected chi connectivity index (χ4v) is 13.9. The summed E-state index contributed by atoms with van der Waals surface area (Å²) < 4.78 is 482. The topological polar surface area (TPSA) is 42.6 Å². The lowest BCUT2D eigenvalue weighted by Gasteiger charge is -2.45. The van der Waals surface area contributed by atoms with Gasteiger partial charge in [-0.2, -0.15) is 0 Å². The molecule has 20 rings (SSSR count). The van der Waals surface area contributed by atoms with Crippen LogP contribution in [0.4, 0.5) is 34.1 Å². The van der Waals surface area contributed by atoms with Crippen molar-refractivity contribution in [2.75, 3.05) is 9.80 Å². The molecule has 0 amide bonds. The van der Waals surface area contributed by atoms with Gasteiger partial charge in [0.1, 0.15) is 11.2 Å². The number of hydrogen-bond donors (Lipinski definition) is 0. The molecule has 0 fully saturated rings. The van der Waals surface area contributed by atoms with Crippen molar-refractivity contribution < 1.29 is 73.3 Å². The highest BCUT2D eigenvalue weighted by atomic mass is 16.3. The van der Waals surface area contributed by atoms with E-state index in [1.54, 1.807) is 0 Å². The van der Waals surface area contributed by atoms with E-state index in [1.165, 1.54) is 41.5 Å². The van der Waals surface area contributed by atoms with Crippen molar-refractivity contribution in [3.05, 3.63) is 307 Å². The summed E-state index contributed by atoms with van der Waals surface area (Å²) in [5.41, 5.74) is -27.9. The summed E-state index contributed by atoms with van der Waals surface area (Å²) in [6.45, 7) is 6.30. The summed E-state index contributed by atoms with van der Waals surface area (Å²) in [5.74, 6) is 0. The summed E-state index contributed by atoms with van der Waals surface area (Å²) in [7, 11) is 0. The summed E-state index contributed by atoms with van der Waals surface area (Å²) >= 11 is 0. The maximum absolute atomic E-state index is 11.8. The molecule has 0 unspecified atom stereocenters. The maximum Gasteiger partial charge on any atom is 0.252 e. The number of para-hydroxylation sites is 6. The van der Waals surface area contributed by atoms with E-state index in [-0.39, 0.29) is 11.1 Å². The van der Waals surface area contributed by atoms with Crippen LogP contribution in [0.25, 0.3) is 132 Å². The van der Waals surface area contributed by atoms with Crippen LogP contribution < -0.4 is 26.2 Å². The van der Waals surface area contributed by atoms with Gasteiger partial charge < -0.3 is 27.8 Å². The van der Waals surface area contributed by atoms with E-state index in [0.717, 1.165) is 21.9 Å². The van der Waals surface area contributed by atoms with E-state index in [0.29, 0.717) is 9.13 Å². The first kappa shape index (κ1) is 27.5. The van der Waals surface area contributed by atoms with Gasteiger partial charge in [-0.3, -0.25) is 0 Å². The summed E-state index contributed by atoms with van der Waals surface area (Å²) in [5, 5.41) is -5.19. The fourth-order valence-electron chi connectivity index (χ4n) is 13.9. The van der Waals surface area contributed by atoms with E-state index in [1.807, 2.05) is 0 Å². The predicted molar refractivity (Wildman–Crippen MR) is 417 cm³/mol. The van der Waals surface area contributed by atoms with E-state index < -0.39 is 484 Å². The normalized spacial score (nSPS) is 19.7. The van der Waals surface area contributed by atoms with Gasteiger partial charge in [0.05, 0.1) is 97.9 Å². The number of furan rings is 2. The van der Waals surface area contributed by atoms with Gasteiger partial charge in [0, 0.05) is 88.3 Å². The standard InChI is InChI=1S/C92H67BN4O2/c1-91(2,3)70-54-68(57-30-12-8-13-31-57)87(89-84(70)66-38-20-26-44-82(66)98-89)96-78-52-60(94-74-40-22-16-34-62(74)63-35-17-23-41-75(63)94)46-48-72(78)93-73-49-47-61(95-76-42-24-18-36-64(76)65-37-19-25-43-77(65)95)53-79(73)97(81-51-59(50-80(96)86(81)93)56-28-10-7-11-29-56)88-69(58-32-14-9-15-33-58)55-71(92(4,5)6)85-67-39-21-27-45-83(67)99-90(85)88/h7-55H,1-6H3/i7D,8D,9D,10D,11D,12D,13D,14D,15D,16D,17D,18D,19D,20D,21D,22D,23D,24D,25D,26D,27D,28D,29D,30D,31D,32D,33D,34D,35D,36D,37D,38D,39D,40D,41D,42D,43D,44D,45D,46D,47D,48D,49D,52D,53D,54D,55D. The highest BCUT2D eigenvalue weighted by Gasteiger charge is 2.47. The van der Waals surface area contributed by atoms with Crippen LogP contribution in [0.3, 0.4) is 0 Å². The molecule has 14 aromatic carbocycles. The van der Waals surface area contributed by atoms with Gasteiger partial charge in [-0.05, 0) is 145 Å². The van der Waals surface area contributed by atoms with Crippen LogP contribution in [-0.4, -0.2) is 15.8 Å². The molecule has 6 heterocycles. The molecule has 0 aliphatic carbocycles. The van der Waals surface area contributed by atoms with Crippen molar-refractivity contribution in [2.45, 2.75) is 52.4 Å². The molecule has 0 saturated carbocycles. The number of nitrogens with zero attached hydrogens (tertiary/aromatic N) is 4. The van der Waals surface area contributed by atoms with Gasteiger partial charge in [0.15, 0.2) is 11.2 Å². The van der Waals surface area contributed by atoms with E-state index >= 15 is 0 Å². The Morgan fingerprint density at radius 2 is 0.657 bits per heavy atom. The molecule has 0 N–H and O–H groups in total. The van der Waals surface area contributed by atoms with Crippen LogP contribution in [0.1, 0.15) is 117 Å². The average molecular weight is 1320 g/mol. The minimum absolute atomic E-state index is 0.355. The number of benzene rings is 14. The maximum atomic E-state index is 11.8. The fraction of sp³-hybridized carbons (Fsp3) is 0.0870. The molecule has 7 heteroatoms. The van der Waals surface area contributed by atoms with Gasteiger partial charge >= 0.3 is 0 Å². The molecule has 99 heavy (non-hydrogen) atoms. The second kappa shape index (κ2) is 21.2. The third-order valence-electron chi connectivity index (χ3n) is 17.9. The highest BCUT2D eigenvalue weighted by Crippen LogP contribution is 2.57. The molecule has 2 aliphatic heterocycles. The van der Waals surface area contributed by atoms with Crippen molar-refractivity contribution in [3.63, 3.8) is 0 Å². The van der Waals surface area contributed by atoms with Crippen LogP contribution in [-0.2, 0) is 10.8 Å². The molecule has 0 saturated heterocycles. The highest BCUT2D eigenvalue weighted by molar-refractivity contribution is 7.00. The summed E-state index contributed by atoms with van der Waals surface area (Å²) in [6.07, 6.45) is 0. The number of aromatic nitrogens is 2. The zero-order valence-electron chi connectivity index (χ0n) is 99.3. The Kier molecular flexibility index (Phi) is 5.89. The lowest BCUT2D eigenvalue weighted by molar-refractivity contribution is 0.595. The first-order valence-electron chi connectivity index (χ1n) is 54.3. The van der Waals surface area contributed by atoms with Crippen molar-refractivity contribution >= 4 is 145 Å². The van der Waals surface area contributed by atoms with Crippen LogP contribution >= 0.6 is 0 Å². The molecule has 0 spiro atoms. The minimum Gasteiger partial charge on any atom is -0.454 e. The Morgan fingerprint density at radius 3 is 1.03 bits per heavy atom. The largest absolute Gasteiger partial charge is 0.454 e. The Bertz CT molecular complexity index is 8660. The van der Waals surface area contributed by atoms with Crippen LogP contribution in [0.15, 0.2) is 305 Å². The first-order valence-corrected chi connectivity index (χ1v) is 30.8. The Hall–Kier alpha value is -12.1. The first-order chi connectivity index (χ1) is 68.0. The predicted octanol–water partition coefficient (Wildman–Crippen LogP) is 23.4. The number of rotatable bonds is 7. The number of hydrogen-bond acceptors (Lipinski definition) is 4. The molecular formula is C92H67BN4O2. The molecule has 18 aromatic rings. The van der Waals surface area contributed by atoms with E-state index in [9.17, 15) is 54.8 Å². The molecule has 0 radical (unpaired) electrons. The molecule has 6 nitrogen and oxygen atoms in total. The van der Waals surface area contributed by atoms with Crippen molar-refractivity contribution in [1.82, 2.24) is 9.13 Å². The zero-order valence-corrected chi connectivity index (χ0v) is 52.3. The van der Waals surface area contributed by atoms with Crippen molar-refractivity contribution in [3.8, 4) is 44.8 Å². The van der Waals surface area contributed by atoms with Crippen LogP contribution in [0.5, 0.6) is 0 Å². The van der Waals surface area contributed by atoms with Gasteiger partial charge in [-0.15, -0.1) is 0 Å². The third-order valence-corrected chi connectivity index (χ3v) is 17.9. The van der Waals surface area contributed by atoms with Crippen LogP contribution in [0.2, 0.25) is 0 Å². The van der Waals surface area contributed by atoms with Gasteiger partial charge in [-0.1, -0.05) is 253 Å². The minimum atomic E-state index is -2.61. The van der Waals surface area contributed by atoms with Crippen molar-refractivity contribution in [2.24, 2.45) is 0 Å². The number of anilines is 6. The Balaban J connectivity index is 1.17. The third kappa shape index (κ3) is 8.44. The Labute approximate surface area is 640 Å². The van der Waals surface area contributed by atoms with Gasteiger partial charge in [0.25, 0.3) is 6.71 Å². The molecular weight excluding hydrogens is 1200 g/mol. The average Bonchev–Trinajstić information content (AvgIpc) is 1.14. The van der Waals surface area contributed by atoms with Crippen molar-refractivity contribution in [1.29, 1.82) is 0 Å². The molecule has 0 bridgehead atoms. The lowest BCUT2D eigenvalue weighted by atomic mass is 9.33.